The highest BCUT2D eigenvalue weighted by Gasteiger charge is 2.43. The summed E-state index contributed by atoms with van der Waals surface area (Å²) in [5.41, 5.74) is 2.69. The highest BCUT2D eigenvalue weighted by atomic mass is 16.6. The van der Waals surface area contributed by atoms with Crippen molar-refractivity contribution >= 4 is 5.97 Å². The number of esters is 1. The molecule has 0 bridgehead atoms. The molecule has 1 aliphatic carbocycles. The van der Waals surface area contributed by atoms with Crippen LogP contribution in [-0.2, 0) is 9.47 Å². The fourth-order valence-electron chi connectivity index (χ4n) is 4.58. The zero-order valence-electron chi connectivity index (χ0n) is 19.9. The zero-order valence-corrected chi connectivity index (χ0v) is 19.9. The van der Waals surface area contributed by atoms with Gasteiger partial charge in [0.1, 0.15) is 11.5 Å². The van der Waals surface area contributed by atoms with E-state index in [9.17, 15) is 4.79 Å². The van der Waals surface area contributed by atoms with E-state index in [2.05, 4.69) is 0 Å². The Kier molecular flexibility index (Phi) is 7.76. The third-order valence-corrected chi connectivity index (χ3v) is 6.68. The summed E-state index contributed by atoms with van der Waals surface area (Å²) in [5.74, 6) is 1.54. The summed E-state index contributed by atoms with van der Waals surface area (Å²) in [5, 5.41) is 0. The molecule has 3 aromatic rings. The van der Waals surface area contributed by atoms with Crippen molar-refractivity contribution in [3.8, 4) is 22.6 Å². The summed E-state index contributed by atoms with van der Waals surface area (Å²) >= 11 is 0. The number of carbonyl (C=O) groups excluding carboxylic acids is 1. The Morgan fingerprint density at radius 1 is 0.771 bits per heavy atom. The van der Waals surface area contributed by atoms with Crippen molar-refractivity contribution in [1.82, 2.24) is 0 Å². The van der Waals surface area contributed by atoms with E-state index in [1.165, 1.54) is 19.3 Å². The lowest BCUT2D eigenvalue weighted by Crippen LogP contribution is -2.18. The molecule has 0 spiro atoms. The first kappa shape index (κ1) is 23.6. The number of rotatable bonds is 11. The van der Waals surface area contributed by atoms with E-state index in [-0.39, 0.29) is 5.97 Å². The normalized spacial score (nSPS) is 20.6. The SMILES string of the molecule is O=C(Oc1ccc(OCCCCOCC2CCC3OC3C2)cc1)c1ccc(-c2ccccc2)cc1. The lowest BCUT2D eigenvalue weighted by atomic mass is 9.90. The van der Waals surface area contributed by atoms with Gasteiger partial charge in [-0.3, -0.25) is 0 Å². The van der Waals surface area contributed by atoms with Gasteiger partial charge in [-0.2, -0.15) is 0 Å². The number of carbonyl (C=O) groups is 1. The smallest absolute Gasteiger partial charge is 0.343 e. The van der Waals surface area contributed by atoms with E-state index in [0.29, 0.717) is 36.0 Å². The molecular weight excluding hydrogens is 440 g/mol. The molecule has 2 fully saturated rings. The molecule has 3 unspecified atom stereocenters. The van der Waals surface area contributed by atoms with Gasteiger partial charge in [0.05, 0.1) is 24.4 Å². The molecule has 3 aromatic carbocycles. The van der Waals surface area contributed by atoms with Crippen LogP contribution in [0.15, 0.2) is 78.9 Å². The van der Waals surface area contributed by atoms with E-state index in [1.54, 1.807) is 24.3 Å². The first-order valence-corrected chi connectivity index (χ1v) is 12.6. The molecule has 182 valence electrons. The molecule has 3 atom stereocenters. The Morgan fingerprint density at radius 2 is 1.49 bits per heavy atom. The van der Waals surface area contributed by atoms with Gasteiger partial charge in [-0.05, 0) is 85.5 Å². The summed E-state index contributed by atoms with van der Waals surface area (Å²) in [4.78, 5) is 12.5. The second-order valence-corrected chi connectivity index (χ2v) is 9.33. The van der Waals surface area contributed by atoms with Crippen LogP contribution < -0.4 is 9.47 Å². The summed E-state index contributed by atoms with van der Waals surface area (Å²) in [7, 11) is 0. The zero-order chi connectivity index (χ0) is 23.9. The average molecular weight is 473 g/mol. The lowest BCUT2D eigenvalue weighted by molar-refractivity contribution is 0.0734. The summed E-state index contributed by atoms with van der Waals surface area (Å²) in [6.07, 6.45) is 6.60. The van der Waals surface area contributed by atoms with Crippen LogP contribution in [0.3, 0.4) is 0 Å². The van der Waals surface area contributed by atoms with Crippen molar-refractivity contribution in [1.29, 1.82) is 0 Å². The minimum absolute atomic E-state index is 0.379. The van der Waals surface area contributed by atoms with Gasteiger partial charge in [-0.25, -0.2) is 4.79 Å². The molecule has 1 saturated carbocycles. The van der Waals surface area contributed by atoms with Crippen molar-refractivity contribution in [2.45, 2.75) is 44.3 Å². The van der Waals surface area contributed by atoms with Gasteiger partial charge >= 0.3 is 5.97 Å². The molecule has 35 heavy (non-hydrogen) atoms. The minimum atomic E-state index is -0.379. The number of hydrogen-bond donors (Lipinski definition) is 0. The van der Waals surface area contributed by atoms with Crippen LogP contribution in [0.1, 0.15) is 42.5 Å². The third-order valence-electron chi connectivity index (χ3n) is 6.68. The molecule has 2 aliphatic rings. The Bertz CT molecular complexity index is 1080. The Hall–Kier alpha value is -3.15. The standard InChI is InChI=1S/C30H32O5/c31-30(25-11-9-24(10-12-25)23-6-2-1-3-7-23)34-27-15-13-26(14-16-27)33-19-5-4-18-32-21-22-8-17-28-29(20-22)35-28/h1-3,6-7,9-16,22,28-29H,4-5,8,17-21H2. The fraction of sp³-hybridized carbons (Fsp3) is 0.367. The predicted octanol–water partition coefficient (Wildman–Crippen LogP) is 6.32. The van der Waals surface area contributed by atoms with Crippen LogP contribution in [0, 0.1) is 5.92 Å². The van der Waals surface area contributed by atoms with Gasteiger partial charge in [0.2, 0.25) is 0 Å². The number of epoxide rings is 1. The molecule has 0 aromatic heterocycles. The van der Waals surface area contributed by atoms with E-state index in [1.807, 2.05) is 54.6 Å². The highest BCUT2D eigenvalue weighted by molar-refractivity contribution is 5.91. The van der Waals surface area contributed by atoms with E-state index in [4.69, 9.17) is 18.9 Å². The van der Waals surface area contributed by atoms with Crippen LogP contribution in [0.25, 0.3) is 11.1 Å². The highest BCUT2D eigenvalue weighted by Crippen LogP contribution is 2.39. The van der Waals surface area contributed by atoms with Crippen molar-refractivity contribution < 1.29 is 23.7 Å². The van der Waals surface area contributed by atoms with Crippen molar-refractivity contribution in [2.75, 3.05) is 19.8 Å². The monoisotopic (exact) mass is 472 g/mol. The van der Waals surface area contributed by atoms with Crippen molar-refractivity contribution in [3.05, 3.63) is 84.4 Å². The molecule has 5 heteroatoms. The van der Waals surface area contributed by atoms with Gasteiger partial charge in [0.15, 0.2) is 0 Å². The van der Waals surface area contributed by atoms with Crippen molar-refractivity contribution in [3.63, 3.8) is 0 Å². The van der Waals surface area contributed by atoms with Crippen LogP contribution >= 0.6 is 0 Å². The fourth-order valence-corrected chi connectivity index (χ4v) is 4.58. The third kappa shape index (κ3) is 6.71. The van der Waals surface area contributed by atoms with Gasteiger partial charge in [0, 0.05) is 13.2 Å². The van der Waals surface area contributed by atoms with Gasteiger partial charge in [-0.15, -0.1) is 0 Å². The first-order chi connectivity index (χ1) is 17.2. The summed E-state index contributed by atoms with van der Waals surface area (Å²) < 4.78 is 22.7. The maximum atomic E-state index is 12.5. The Labute approximate surface area is 207 Å². The molecule has 5 nitrogen and oxygen atoms in total. The first-order valence-electron chi connectivity index (χ1n) is 12.6. The second-order valence-electron chi connectivity index (χ2n) is 9.33. The maximum absolute atomic E-state index is 12.5. The van der Waals surface area contributed by atoms with Crippen LogP contribution in [-0.4, -0.2) is 38.0 Å². The van der Waals surface area contributed by atoms with Gasteiger partial charge < -0.3 is 18.9 Å². The number of ether oxygens (including phenoxy) is 4. The van der Waals surface area contributed by atoms with E-state index >= 15 is 0 Å². The molecule has 5 rings (SSSR count). The number of hydrogen-bond acceptors (Lipinski definition) is 5. The quantitative estimate of drug-likeness (QED) is 0.142. The molecular formula is C30H32O5. The largest absolute Gasteiger partial charge is 0.494 e. The van der Waals surface area contributed by atoms with Crippen LogP contribution in [0.5, 0.6) is 11.5 Å². The second kappa shape index (κ2) is 11.5. The number of benzene rings is 3. The topological polar surface area (TPSA) is 57.3 Å². The molecule has 0 amide bonds. The van der Waals surface area contributed by atoms with Crippen molar-refractivity contribution in [2.24, 2.45) is 5.92 Å². The molecule has 0 radical (unpaired) electrons. The minimum Gasteiger partial charge on any atom is -0.494 e. The lowest BCUT2D eigenvalue weighted by Gasteiger charge is -2.18. The van der Waals surface area contributed by atoms with Crippen LogP contribution in [0.2, 0.25) is 0 Å². The van der Waals surface area contributed by atoms with Gasteiger partial charge in [-0.1, -0.05) is 42.5 Å². The number of unbranched alkanes of at least 4 members (excludes halogenated alkanes) is 1. The maximum Gasteiger partial charge on any atom is 0.343 e. The molecule has 1 heterocycles. The Morgan fingerprint density at radius 3 is 2.26 bits per heavy atom. The predicted molar refractivity (Wildman–Crippen MR) is 135 cm³/mol. The van der Waals surface area contributed by atoms with E-state index in [0.717, 1.165) is 42.9 Å². The average Bonchev–Trinajstić information content (AvgIpc) is 3.69. The van der Waals surface area contributed by atoms with E-state index < -0.39 is 0 Å². The number of fused-ring (bicyclic) bond motifs is 1. The molecule has 1 saturated heterocycles. The van der Waals surface area contributed by atoms with Crippen LogP contribution in [0.4, 0.5) is 0 Å². The molecule has 0 N–H and O–H groups in total. The summed E-state index contributed by atoms with van der Waals surface area (Å²) in [6.45, 7) is 2.26. The van der Waals surface area contributed by atoms with Gasteiger partial charge in [0.25, 0.3) is 0 Å². The Balaban J connectivity index is 0.982. The summed E-state index contributed by atoms with van der Waals surface area (Å²) in [6, 6.07) is 24.7. The molecule has 1 aliphatic heterocycles.